The van der Waals surface area contributed by atoms with Gasteiger partial charge in [0.25, 0.3) is 0 Å². The molecule has 27 heavy (non-hydrogen) atoms. The van der Waals surface area contributed by atoms with Gasteiger partial charge in [0.05, 0.1) is 48.1 Å². The van der Waals surface area contributed by atoms with Crippen molar-refractivity contribution < 1.29 is 33.2 Å². The molecule has 0 amide bonds. The summed E-state index contributed by atoms with van der Waals surface area (Å²) in [5.74, 6) is 4.23. The van der Waals surface area contributed by atoms with Gasteiger partial charge in [0.15, 0.2) is 23.0 Å². The molecule has 0 N–H and O–H groups in total. The van der Waals surface area contributed by atoms with Crippen molar-refractivity contribution in [1.29, 1.82) is 0 Å². The highest BCUT2D eigenvalue weighted by Crippen LogP contribution is 2.59. The molecule has 2 aliphatic heterocycles. The SMILES string of the molecule is COc1cc2c(cc1OC)[C@H]1Oc3c(cc(OC)c(OC)c3OC)[C@H]1CO2. The molecule has 0 spiro atoms. The van der Waals surface area contributed by atoms with E-state index >= 15 is 0 Å². The molecule has 0 unspecified atom stereocenters. The van der Waals surface area contributed by atoms with Crippen molar-refractivity contribution in [1.82, 2.24) is 0 Å². The van der Waals surface area contributed by atoms with Crippen LogP contribution >= 0.6 is 0 Å². The number of methoxy groups -OCH3 is 5. The minimum absolute atomic E-state index is 0.000642. The molecule has 2 aromatic carbocycles. The molecule has 7 nitrogen and oxygen atoms in total. The first-order valence-corrected chi connectivity index (χ1v) is 8.55. The minimum atomic E-state index is -0.228. The molecule has 2 atom stereocenters. The number of hydrogen-bond acceptors (Lipinski definition) is 7. The molecular weight excluding hydrogens is 352 g/mol. The molecule has 0 saturated heterocycles. The molecule has 2 aromatic rings. The van der Waals surface area contributed by atoms with Crippen molar-refractivity contribution in [3.05, 3.63) is 29.3 Å². The van der Waals surface area contributed by atoms with Crippen LogP contribution in [0.4, 0.5) is 0 Å². The van der Waals surface area contributed by atoms with E-state index in [4.69, 9.17) is 33.2 Å². The van der Waals surface area contributed by atoms with Crippen LogP contribution in [0.1, 0.15) is 23.1 Å². The summed E-state index contributed by atoms with van der Waals surface area (Å²) in [6, 6.07) is 5.66. The average molecular weight is 374 g/mol. The van der Waals surface area contributed by atoms with Crippen LogP contribution in [0.5, 0.6) is 40.2 Å². The van der Waals surface area contributed by atoms with Crippen LogP contribution in [0.3, 0.4) is 0 Å². The topological polar surface area (TPSA) is 64.6 Å². The van der Waals surface area contributed by atoms with Gasteiger partial charge >= 0.3 is 0 Å². The van der Waals surface area contributed by atoms with E-state index in [1.165, 1.54) is 0 Å². The molecular formula is C20H22O7. The molecule has 0 saturated carbocycles. The maximum Gasteiger partial charge on any atom is 0.207 e. The molecule has 0 radical (unpaired) electrons. The van der Waals surface area contributed by atoms with Crippen LogP contribution in [0, 0.1) is 0 Å². The standard InChI is InChI=1S/C20H22O7/c1-21-14-7-11-13(8-15(14)22-2)26-9-12-10-6-16(23-3)19(24-4)20(25-5)18(10)27-17(11)12/h6-8,12,17H,9H2,1-5H3/t12-,17-/m1/s1. The molecule has 0 aromatic heterocycles. The van der Waals surface area contributed by atoms with Gasteiger partial charge in [-0.1, -0.05) is 0 Å². The van der Waals surface area contributed by atoms with Gasteiger partial charge in [0.1, 0.15) is 11.9 Å². The molecule has 2 aliphatic rings. The van der Waals surface area contributed by atoms with Crippen LogP contribution < -0.4 is 33.2 Å². The highest BCUT2D eigenvalue weighted by Gasteiger charge is 2.44. The maximum atomic E-state index is 6.34. The van der Waals surface area contributed by atoms with Crippen LogP contribution in [0.2, 0.25) is 0 Å². The molecule has 144 valence electrons. The van der Waals surface area contributed by atoms with E-state index in [9.17, 15) is 0 Å². The predicted molar refractivity (Wildman–Crippen MR) is 97.2 cm³/mol. The van der Waals surface area contributed by atoms with Crippen LogP contribution in [0.25, 0.3) is 0 Å². The molecule has 0 aliphatic carbocycles. The summed E-state index contributed by atoms with van der Waals surface area (Å²) in [6.45, 7) is 0.471. The Balaban J connectivity index is 1.84. The molecule has 0 fully saturated rings. The quantitative estimate of drug-likeness (QED) is 0.795. The number of rotatable bonds is 5. The summed E-state index contributed by atoms with van der Waals surface area (Å²) in [7, 11) is 7.96. The third-order valence-electron chi connectivity index (χ3n) is 5.06. The van der Waals surface area contributed by atoms with Gasteiger partial charge in [0.2, 0.25) is 11.5 Å². The van der Waals surface area contributed by atoms with Gasteiger partial charge in [-0.2, -0.15) is 0 Å². The Labute approximate surface area is 157 Å². The molecule has 4 rings (SSSR count). The summed E-state index contributed by atoms with van der Waals surface area (Å²) in [5.41, 5.74) is 1.87. The smallest absolute Gasteiger partial charge is 0.207 e. The lowest BCUT2D eigenvalue weighted by atomic mass is 9.89. The largest absolute Gasteiger partial charge is 0.493 e. The Bertz CT molecular complexity index is 877. The highest BCUT2D eigenvalue weighted by molar-refractivity contribution is 5.66. The molecule has 7 heteroatoms. The van der Waals surface area contributed by atoms with E-state index in [-0.39, 0.29) is 12.0 Å². The first-order valence-electron chi connectivity index (χ1n) is 8.55. The normalized spacial score (nSPS) is 19.0. The average Bonchev–Trinajstić information content (AvgIpc) is 3.09. The highest BCUT2D eigenvalue weighted by atomic mass is 16.6. The van der Waals surface area contributed by atoms with Gasteiger partial charge in [-0.25, -0.2) is 0 Å². The fourth-order valence-electron chi connectivity index (χ4n) is 3.78. The van der Waals surface area contributed by atoms with Crippen molar-refractivity contribution >= 4 is 0 Å². The third-order valence-corrected chi connectivity index (χ3v) is 5.06. The Kier molecular flexibility index (Phi) is 4.30. The fraction of sp³-hybridized carbons (Fsp3) is 0.400. The second-order valence-corrected chi connectivity index (χ2v) is 6.26. The number of fused-ring (bicyclic) bond motifs is 5. The van der Waals surface area contributed by atoms with Gasteiger partial charge in [-0.15, -0.1) is 0 Å². The number of hydrogen-bond donors (Lipinski definition) is 0. The van der Waals surface area contributed by atoms with E-state index < -0.39 is 0 Å². The van der Waals surface area contributed by atoms with Gasteiger partial charge in [0, 0.05) is 17.2 Å². The lowest BCUT2D eigenvalue weighted by Gasteiger charge is -2.28. The van der Waals surface area contributed by atoms with Crippen molar-refractivity contribution in [3.8, 4) is 40.2 Å². The number of ether oxygens (including phenoxy) is 7. The summed E-state index contributed by atoms with van der Waals surface area (Å²) in [4.78, 5) is 0. The Morgan fingerprint density at radius 1 is 0.741 bits per heavy atom. The van der Waals surface area contributed by atoms with Gasteiger partial charge in [-0.05, 0) is 12.1 Å². The van der Waals surface area contributed by atoms with Crippen molar-refractivity contribution in [3.63, 3.8) is 0 Å². The number of benzene rings is 2. The van der Waals surface area contributed by atoms with E-state index in [0.29, 0.717) is 41.1 Å². The molecule has 0 bridgehead atoms. The lowest BCUT2D eigenvalue weighted by Crippen LogP contribution is -2.23. The third kappa shape index (κ3) is 2.49. The van der Waals surface area contributed by atoms with E-state index in [1.54, 1.807) is 35.5 Å². The van der Waals surface area contributed by atoms with Crippen molar-refractivity contribution in [2.75, 3.05) is 42.2 Å². The Hall–Kier alpha value is -2.96. The second-order valence-electron chi connectivity index (χ2n) is 6.26. The van der Waals surface area contributed by atoms with Crippen molar-refractivity contribution in [2.45, 2.75) is 12.0 Å². The Morgan fingerprint density at radius 3 is 2.00 bits per heavy atom. The maximum absolute atomic E-state index is 6.34. The zero-order chi connectivity index (χ0) is 19.1. The van der Waals surface area contributed by atoms with E-state index in [2.05, 4.69) is 0 Å². The zero-order valence-corrected chi connectivity index (χ0v) is 16.0. The fourth-order valence-corrected chi connectivity index (χ4v) is 3.78. The lowest BCUT2D eigenvalue weighted by molar-refractivity contribution is 0.136. The predicted octanol–water partition coefficient (Wildman–Crippen LogP) is 3.34. The van der Waals surface area contributed by atoms with Gasteiger partial charge in [-0.3, -0.25) is 0 Å². The van der Waals surface area contributed by atoms with E-state index in [1.807, 2.05) is 18.2 Å². The van der Waals surface area contributed by atoms with Crippen LogP contribution in [-0.4, -0.2) is 42.2 Å². The van der Waals surface area contributed by atoms with Crippen LogP contribution in [0.15, 0.2) is 18.2 Å². The summed E-state index contributed by atoms with van der Waals surface area (Å²) < 4.78 is 39.7. The first kappa shape index (κ1) is 17.5. The van der Waals surface area contributed by atoms with Crippen LogP contribution in [-0.2, 0) is 0 Å². The van der Waals surface area contributed by atoms with Crippen molar-refractivity contribution in [2.24, 2.45) is 0 Å². The van der Waals surface area contributed by atoms with Gasteiger partial charge < -0.3 is 33.2 Å². The Morgan fingerprint density at radius 2 is 1.37 bits per heavy atom. The zero-order valence-electron chi connectivity index (χ0n) is 16.0. The summed E-state index contributed by atoms with van der Waals surface area (Å²) in [6.07, 6.45) is -0.228. The molecule has 2 heterocycles. The summed E-state index contributed by atoms with van der Waals surface area (Å²) in [5, 5.41) is 0. The first-order chi connectivity index (χ1) is 13.2. The second kappa shape index (κ2) is 6.64. The minimum Gasteiger partial charge on any atom is -0.493 e. The summed E-state index contributed by atoms with van der Waals surface area (Å²) >= 11 is 0. The van der Waals surface area contributed by atoms with E-state index in [0.717, 1.165) is 16.9 Å². The monoisotopic (exact) mass is 374 g/mol.